The first kappa shape index (κ1) is 16.8. The Bertz CT molecular complexity index is 798. The molecule has 0 atom stereocenters. The first-order valence-electron chi connectivity index (χ1n) is 6.52. The van der Waals surface area contributed by atoms with Gasteiger partial charge >= 0.3 is 5.97 Å². The van der Waals surface area contributed by atoms with Crippen LogP contribution in [0, 0.1) is 5.21 Å². The largest absolute Gasteiger partial charge is 0.504 e. The number of nitrogens with zero attached hydrogens (tertiary/aromatic N) is 2. The predicted octanol–water partition coefficient (Wildman–Crippen LogP) is -0.122. The van der Waals surface area contributed by atoms with Crippen molar-refractivity contribution in [3.05, 3.63) is 46.4 Å². The molecule has 2 rings (SSSR count). The summed E-state index contributed by atoms with van der Waals surface area (Å²) in [5.41, 5.74) is 4.85. The average molecular weight is 335 g/mol. The first-order chi connectivity index (χ1) is 11.4. The number of carbonyl (C=O) groups excluding carboxylic acids is 2. The van der Waals surface area contributed by atoms with E-state index in [4.69, 9.17) is 15.2 Å². The second-order valence-electron chi connectivity index (χ2n) is 4.46. The van der Waals surface area contributed by atoms with Crippen molar-refractivity contribution < 1.29 is 33.7 Å². The van der Waals surface area contributed by atoms with Gasteiger partial charge in [-0.3, -0.25) is 9.42 Å². The molecule has 1 heterocycles. The van der Waals surface area contributed by atoms with Crippen molar-refractivity contribution in [3.63, 3.8) is 0 Å². The number of phenolic OH excluding ortho intramolecular Hbond substituents is 1. The minimum absolute atomic E-state index is 0.0341. The maximum atomic E-state index is 11.6. The lowest BCUT2D eigenvalue weighted by molar-refractivity contribution is -0.803. The van der Waals surface area contributed by atoms with E-state index in [9.17, 15) is 19.9 Å². The molecule has 126 valence electrons. The number of carbonyl (C=O) groups is 2. The van der Waals surface area contributed by atoms with E-state index >= 15 is 0 Å². The topological polar surface area (TPSA) is 152 Å². The maximum Gasteiger partial charge on any atom is 0.331 e. The Kier molecular flexibility index (Phi) is 5.00. The Balaban J connectivity index is 2.00. The fourth-order valence-corrected chi connectivity index (χ4v) is 1.75. The SMILES string of the molecule is COc1cc(/C=C/C(=O)OCc2no[n+]([O-])c2C(N)=O)ccc1O. The maximum absolute atomic E-state index is 11.6. The highest BCUT2D eigenvalue weighted by Gasteiger charge is 2.25. The van der Waals surface area contributed by atoms with Gasteiger partial charge in [0.2, 0.25) is 0 Å². The number of benzene rings is 1. The van der Waals surface area contributed by atoms with Crippen LogP contribution in [0.1, 0.15) is 21.7 Å². The summed E-state index contributed by atoms with van der Waals surface area (Å²) < 4.78 is 14.0. The van der Waals surface area contributed by atoms with E-state index in [0.717, 1.165) is 6.08 Å². The molecule has 0 aliphatic carbocycles. The fourth-order valence-electron chi connectivity index (χ4n) is 1.75. The molecule has 1 amide bonds. The van der Waals surface area contributed by atoms with Gasteiger partial charge in [-0.2, -0.15) is 0 Å². The minimum Gasteiger partial charge on any atom is -0.504 e. The van der Waals surface area contributed by atoms with Gasteiger partial charge < -0.3 is 25.5 Å². The molecule has 2 aromatic rings. The van der Waals surface area contributed by atoms with Crippen molar-refractivity contribution in [3.8, 4) is 11.5 Å². The van der Waals surface area contributed by atoms with Gasteiger partial charge in [-0.1, -0.05) is 6.07 Å². The molecular formula is C14H13N3O7. The summed E-state index contributed by atoms with van der Waals surface area (Å²) in [6.07, 6.45) is 2.54. The van der Waals surface area contributed by atoms with E-state index in [2.05, 4.69) is 9.79 Å². The van der Waals surface area contributed by atoms with Crippen LogP contribution in [0.4, 0.5) is 0 Å². The molecule has 0 saturated heterocycles. The molecule has 1 aromatic heterocycles. The summed E-state index contributed by atoms with van der Waals surface area (Å²) in [6, 6.07) is 4.48. The summed E-state index contributed by atoms with van der Waals surface area (Å²) in [5, 5.41) is 23.9. The Morgan fingerprint density at radius 3 is 2.92 bits per heavy atom. The lowest BCUT2D eigenvalue weighted by Crippen LogP contribution is -2.35. The van der Waals surface area contributed by atoms with Crippen molar-refractivity contribution >= 4 is 18.0 Å². The molecule has 0 aliphatic rings. The van der Waals surface area contributed by atoms with E-state index in [-0.39, 0.29) is 22.1 Å². The molecule has 0 aliphatic heterocycles. The van der Waals surface area contributed by atoms with Crippen LogP contribution < -0.4 is 15.4 Å². The molecular weight excluding hydrogens is 322 g/mol. The van der Waals surface area contributed by atoms with Gasteiger partial charge in [0.1, 0.15) is 0 Å². The first-order valence-corrected chi connectivity index (χ1v) is 6.52. The molecule has 0 spiro atoms. The van der Waals surface area contributed by atoms with Crippen molar-refractivity contribution in [2.24, 2.45) is 5.73 Å². The second kappa shape index (κ2) is 7.13. The van der Waals surface area contributed by atoms with Crippen molar-refractivity contribution in [1.82, 2.24) is 5.16 Å². The van der Waals surface area contributed by atoms with Gasteiger partial charge in [-0.05, 0) is 28.7 Å². The normalized spacial score (nSPS) is 10.7. The van der Waals surface area contributed by atoms with Crippen LogP contribution in [-0.2, 0) is 16.1 Å². The highest BCUT2D eigenvalue weighted by Crippen LogP contribution is 2.26. The van der Waals surface area contributed by atoms with Crippen LogP contribution in [0.2, 0.25) is 0 Å². The molecule has 0 radical (unpaired) electrons. The summed E-state index contributed by atoms with van der Waals surface area (Å²) in [5.74, 6) is -1.59. The van der Waals surface area contributed by atoms with Crippen molar-refractivity contribution in [1.29, 1.82) is 0 Å². The van der Waals surface area contributed by atoms with Gasteiger partial charge in [0.15, 0.2) is 18.1 Å². The van der Waals surface area contributed by atoms with Crippen molar-refractivity contribution in [2.75, 3.05) is 7.11 Å². The number of hydrogen-bond donors (Lipinski definition) is 2. The van der Waals surface area contributed by atoms with Gasteiger partial charge in [-0.25, -0.2) is 4.79 Å². The van der Waals surface area contributed by atoms with Crippen LogP contribution in [-0.4, -0.2) is 29.2 Å². The number of hydrogen-bond acceptors (Lipinski definition) is 8. The standard InChI is InChI=1S/C14H13N3O7/c1-22-11-6-8(2-4-10(11)18)3-5-12(19)23-7-9-13(14(15)20)17(21)24-16-9/h2-6,18H,7H2,1H3,(H2,15,20)/b5-3+. The average Bonchev–Trinajstić information content (AvgIpc) is 2.93. The number of rotatable bonds is 6. The number of esters is 1. The number of ether oxygens (including phenoxy) is 2. The molecule has 1 aromatic carbocycles. The number of amides is 1. The van der Waals surface area contributed by atoms with Gasteiger partial charge in [-0.15, -0.1) is 0 Å². The Morgan fingerprint density at radius 2 is 2.25 bits per heavy atom. The number of nitrogens with two attached hydrogens (primary N) is 1. The molecule has 10 heteroatoms. The third-order valence-corrected chi connectivity index (χ3v) is 2.88. The lowest BCUT2D eigenvalue weighted by atomic mass is 10.2. The zero-order chi connectivity index (χ0) is 17.7. The Hall–Kier alpha value is -3.56. The van der Waals surface area contributed by atoms with Gasteiger partial charge in [0.25, 0.3) is 17.3 Å². The van der Waals surface area contributed by atoms with Crippen LogP contribution in [0.25, 0.3) is 6.08 Å². The Labute approximate surface area is 135 Å². The van der Waals surface area contributed by atoms with Crippen LogP contribution in [0.5, 0.6) is 11.5 Å². The lowest BCUT2D eigenvalue weighted by Gasteiger charge is -2.03. The van der Waals surface area contributed by atoms with E-state index in [1.54, 1.807) is 6.07 Å². The van der Waals surface area contributed by atoms with E-state index in [1.807, 2.05) is 0 Å². The Morgan fingerprint density at radius 1 is 1.50 bits per heavy atom. The van der Waals surface area contributed by atoms with Crippen LogP contribution in [0.15, 0.2) is 28.9 Å². The number of aromatic nitrogens is 2. The van der Waals surface area contributed by atoms with Crippen LogP contribution in [0.3, 0.4) is 0 Å². The second-order valence-corrected chi connectivity index (χ2v) is 4.46. The van der Waals surface area contributed by atoms with Crippen molar-refractivity contribution in [2.45, 2.75) is 6.61 Å². The molecule has 0 unspecified atom stereocenters. The molecule has 10 nitrogen and oxygen atoms in total. The van der Waals surface area contributed by atoms with E-state index in [0.29, 0.717) is 5.56 Å². The summed E-state index contributed by atoms with van der Waals surface area (Å²) >= 11 is 0. The molecule has 0 saturated carbocycles. The third kappa shape index (κ3) is 3.80. The molecule has 3 N–H and O–H groups in total. The van der Waals surface area contributed by atoms with Gasteiger partial charge in [0, 0.05) is 11.2 Å². The zero-order valence-electron chi connectivity index (χ0n) is 12.5. The van der Waals surface area contributed by atoms with Gasteiger partial charge in [0.05, 0.1) is 7.11 Å². The highest BCUT2D eigenvalue weighted by atomic mass is 16.8. The van der Waals surface area contributed by atoms with E-state index < -0.39 is 24.2 Å². The van der Waals surface area contributed by atoms with E-state index in [1.165, 1.54) is 25.3 Å². The summed E-state index contributed by atoms with van der Waals surface area (Å²) in [4.78, 5) is 22.5. The highest BCUT2D eigenvalue weighted by molar-refractivity contribution is 5.90. The third-order valence-electron chi connectivity index (χ3n) is 2.88. The quantitative estimate of drug-likeness (QED) is 0.421. The van der Waals surface area contributed by atoms with Crippen LogP contribution >= 0.6 is 0 Å². The number of aromatic hydroxyl groups is 1. The molecule has 0 bridgehead atoms. The smallest absolute Gasteiger partial charge is 0.331 e. The zero-order valence-corrected chi connectivity index (χ0v) is 12.5. The summed E-state index contributed by atoms with van der Waals surface area (Å²) in [7, 11) is 1.40. The number of primary amides is 1. The predicted molar refractivity (Wildman–Crippen MR) is 77.5 cm³/mol. The monoisotopic (exact) mass is 335 g/mol. The fraction of sp³-hybridized carbons (Fsp3) is 0.143. The minimum atomic E-state index is -1.05. The molecule has 0 fully saturated rings. The summed E-state index contributed by atoms with van der Waals surface area (Å²) in [6.45, 7) is -0.459. The number of methoxy groups -OCH3 is 1. The number of phenols is 1. The molecule has 24 heavy (non-hydrogen) atoms.